The molecule has 0 aliphatic carbocycles. The summed E-state index contributed by atoms with van der Waals surface area (Å²) in [6.45, 7) is 0. The van der Waals surface area contributed by atoms with Gasteiger partial charge in [-0.1, -0.05) is 72.8 Å². The highest BCUT2D eigenvalue weighted by molar-refractivity contribution is 7.26. The molecule has 4 nitrogen and oxygen atoms in total. The van der Waals surface area contributed by atoms with Gasteiger partial charge in [0, 0.05) is 43.7 Å². The van der Waals surface area contributed by atoms with Gasteiger partial charge in [-0.15, -0.1) is 11.3 Å². The molecule has 0 amide bonds. The Hall–Kier alpha value is -5.88. The van der Waals surface area contributed by atoms with Crippen molar-refractivity contribution in [3.8, 4) is 23.5 Å². The summed E-state index contributed by atoms with van der Waals surface area (Å²) in [6.07, 6.45) is 0. The summed E-state index contributed by atoms with van der Waals surface area (Å²) < 4.78 is 6.50. The van der Waals surface area contributed by atoms with Crippen LogP contribution in [0.4, 0.5) is 0 Å². The van der Waals surface area contributed by atoms with Crippen LogP contribution in [0.25, 0.3) is 75.2 Å². The molecule has 0 atom stereocenters. The minimum absolute atomic E-state index is 0.631. The fourth-order valence-corrected chi connectivity index (χ4v) is 8.05. The SMILES string of the molecule is N#Cc1cccc2c1sc1c(C#N)cc3c4ccccc4n(-c4cccc(-n5c6ccccc6c6ccccc65)c4)c3c12. The van der Waals surface area contributed by atoms with Crippen LogP contribution in [0.5, 0.6) is 0 Å². The first-order valence-electron chi connectivity index (χ1n) is 14.1. The second kappa shape index (κ2) is 8.81. The van der Waals surface area contributed by atoms with E-state index in [-0.39, 0.29) is 0 Å². The van der Waals surface area contributed by atoms with Crippen molar-refractivity contribution in [3.63, 3.8) is 0 Å². The van der Waals surface area contributed by atoms with Gasteiger partial charge in [0.25, 0.3) is 0 Å². The third-order valence-corrected chi connectivity index (χ3v) is 9.84. The maximum atomic E-state index is 10.2. The molecule has 0 bridgehead atoms. The topological polar surface area (TPSA) is 57.4 Å². The summed E-state index contributed by atoms with van der Waals surface area (Å²) in [4.78, 5) is 0. The second-order valence-electron chi connectivity index (χ2n) is 10.8. The molecule has 0 saturated carbocycles. The first-order chi connectivity index (χ1) is 21.3. The molecular weight excluding hydrogens is 545 g/mol. The van der Waals surface area contributed by atoms with Gasteiger partial charge in [-0.05, 0) is 48.5 Å². The highest BCUT2D eigenvalue weighted by Crippen LogP contribution is 2.45. The zero-order chi connectivity index (χ0) is 28.7. The molecule has 0 radical (unpaired) electrons. The number of hydrogen-bond acceptors (Lipinski definition) is 3. The van der Waals surface area contributed by atoms with Crippen LogP contribution < -0.4 is 0 Å². The molecule has 0 aliphatic rings. The molecule has 3 aromatic heterocycles. The van der Waals surface area contributed by atoms with Crippen LogP contribution >= 0.6 is 11.3 Å². The number of nitriles is 2. The minimum Gasteiger partial charge on any atom is -0.309 e. The lowest BCUT2D eigenvalue weighted by atomic mass is 10.0. The minimum atomic E-state index is 0.631. The normalized spacial score (nSPS) is 11.7. The van der Waals surface area contributed by atoms with Gasteiger partial charge in [0.15, 0.2) is 0 Å². The first kappa shape index (κ1) is 23.8. The third kappa shape index (κ3) is 3.17. The van der Waals surface area contributed by atoms with Crippen LogP contribution in [0.3, 0.4) is 0 Å². The van der Waals surface area contributed by atoms with E-state index in [1.54, 1.807) is 0 Å². The van der Waals surface area contributed by atoms with Gasteiger partial charge in [0.1, 0.15) is 12.1 Å². The summed E-state index contributed by atoms with van der Waals surface area (Å²) in [5, 5.41) is 26.7. The van der Waals surface area contributed by atoms with Crippen molar-refractivity contribution in [2.75, 3.05) is 0 Å². The molecule has 5 heteroatoms. The van der Waals surface area contributed by atoms with Crippen LogP contribution in [0.1, 0.15) is 11.1 Å². The Balaban J connectivity index is 1.44. The van der Waals surface area contributed by atoms with Crippen molar-refractivity contribution in [2.24, 2.45) is 0 Å². The van der Waals surface area contributed by atoms with E-state index in [9.17, 15) is 10.5 Å². The van der Waals surface area contributed by atoms with E-state index in [0.29, 0.717) is 11.1 Å². The quantitative estimate of drug-likeness (QED) is 0.210. The highest BCUT2D eigenvalue weighted by Gasteiger charge is 2.22. The van der Waals surface area contributed by atoms with E-state index < -0.39 is 0 Å². The average Bonchev–Trinajstić information content (AvgIpc) is 3.72. The number of fused-ring (bicyclic) bond motifs is 10. The van der Waals surface area contributed by atoms with Gasteiger partial charge in [-0.3, -0.25) is 0 Å². The lowest BCUT2D eigenvalue weighted by Crippen LogP contribution is -1.98. The van der Waals surface area contributed by atoms with Crippen molar-refractivity contribution in [2.45, 2.75) is 0 Å². The smallest absolute Gasteiger partial charge is 0.101 e. The number of nitrogens with zero attached hydrogens (tertiary/aromatic N) is 4. The third-order valence-electron chi connectivity index (χ3n) is 8.57. The number of rotatable bonds is 2. The fraction of sp³-hybridized carbons (Fsp3) is 0. The lowest BCUT2D eigenvalue weighted by Gasteiger charge is -2.13. The van der Waals surface area contributed by atoms with E-state index >= 15 is 0 Å². The van der Waals surface area contributed by atoms with Gasteiger partial charge in [-0.2, -0.15) is 10.5 Å². The Labute approximate surface area is 250 Å². The van der Waals surface area contributed by atoms with Crippen molar-refractivity contribution in [3.05, 3.63) is 132 Å². The van der Waals surface area contributed by atoms with Crippen LogP contribution in [0.2, 0.25) is 0 Å². The molecule has 0 saturated heterocycles. The molecule has 6 aromatic carbocycles. The Morgan fingerprint density at radius 1 is 0.465 bits per heavy atom. The van der Waals surface area contributed by atoms with Crippen LogP contribution in [-0.2, 0) is 0 Å². The van der Waals surface area contributed by atoms with E-state index in [0.717, 1.165) is 64.4 Å². The summed E-state index contributed by atoms with van der Waals surface area (Å²) in [6, 6.07) is 46.9. The molecule has 0 spiro atoms. The molecular formula is C38H20N4S. The molecule has 3 heterocycles. The van der Waals surface area contributed by atoms with Gasteiger partial charge >= 0.3 is 0 Å². The predicted molar refractivity (Wildman–Crippen MR) is 177 cm³/mol. The molecule has 0 aliphatic heterocycles. The lowest BCUT2D eigenvalue weighted by molar-refractivity contribution is 1.14. The second-order valence-corrected chi connectivity index (χ2v) is 11.8. The summed E-state index contributed by atoms with van der Waals surface area (Å²) in [5.74, 6) is 0. The summed E-state index contributed by atoms with van der Waals surface area (Å²) >= 11 is 1.53. The number of para-hydroxylation sites is 3. The van der Waals surface area contributed by atoms with E-state index in [2.05, 4.69) is 124 Å². The van der Waals surface area contributed by atoms with Crippen molar-refractivity contribution in [1.29, 1.82) is 10.5 Å². The Bertz CT molecular complexity index is 2650. The Morgan fingerprint density at radius 3 is 1.65 bits per heavy atom. The maximum absolute atomic E-state index is 10.2. The van der Waals surface area contributed by atoms with Gasteiger partial charge in [0.05, 0.1) is 42.6 Å². The monoisotopic (exact) mass is 564 g/mol. The maximum Gasteiger partial charge on any atom is 0.101 e. The fourth-order valence-electron chi connectivity index (χ4n) is 6.82. The predicted octanol–water partition coefficient (Wildman–Crippen LogP) is 9.99. The average molecular weight is 565 g/mol. The zero-order valence-electron chi connectivity index (χ0n) is 22.7. The Kier molecular flexibility index (Phi) is 4.87. The molecule has 0 fully saturated rings. The van der Waals surface area contributed by atoms with Crippen LogP contribution in [0, 0.1) is 22.7 Å². The number of hydrogen-bond donors (Lipinski definition) is 0. The van der Waals surface area contributed by atoms with E-state index in [4.69, 9.17) is 0 Å². The van der Waals surface area contributed by atoms with Gasteiger partial charge < -0.3 is 9.13 Å². The van der Waals surface area contributed by atoms with Crippen LogP contribution in [0.15, 0.2) is 121 Å². The zero-order valence-corrected chi connectivity index (χ0v) is 23.6. The summed E-state index contributed by atoms with van der Waals surface area (Å²) in [5.41, 5.74) is 7.83. The molecule has 9 rings (SSSR count). The van der Waals surface area contributed by atoms with E-state index in [1.807, 2.05) is 18.2 Å². The summed E-state index contributed by atoms with van der Waals surface area (Å²) in [7, 11) is 0. The van der Waals surface area contributed by atoms with Crippen molar-refractivity contribution >= 4 is 75.1 Å². The van der Waals surface area contributed by atoms with E-state index in [1.165, 1.54) is 22.1 Å². The van der Waals surface area contributed by atoms with Crippen molar-refractivity contribution < 1.29 is 0 Å². The molecule has 0 N–H and O–H groups in total. The number of thiophene rings is 1. The number of aromatic nitrogens is 2. The Morgan fingerprint density at radius 2 is 1.00 bits per heavy atom. The molecule has 198 valence electrons. The first-order valence-corrected chi connectivity index (χ1v) is 14.9. The highest BCUT2D eigenvalue weighted by atomic mass is 32.1. The molecule has 9 aromatic rings. The molecule has 0 unspecified atom stereocenters. The van der Waals surface area contributed by atoms with Gasteiger partial charge in [0.2, 0.25) is 0 Å². The van der Waals surface area contributed by atoms with Crippen molar-refractivity contribution in [1.82, 2.24) is 9.13 Å². The molecule has 43 heavy (non-hydrogen) atoms. The number of benzene rings is 6. The largest absolute Gasteiger partial charge is 0.309 e. The van der Waals surface area contributed by atoms with Gasteiger partial charge in [-0.25, -0.2) is 0 Å². The standard InChI is InChI=1S/C38H20N4S/c39-21-23-9-7-15-30-35-36-31(19-24(22-40)38(35)43-37(23)30)29-14-3-6-18-34(29)42(36)26-11-8-10-25(20-26)41-32-16-4-1-12-27(32)28-13-2-5-17-33(28)41/h1-20H. The van der Waals surface area contributed by atoms with Crippen LogP contribution in [-0.4, -0.2) is 9.13 Å².